The Balaban J connectivity index is 1.46. The van der Waals surface area contributed by atoms with Crippen molar-refractivity contribution < 1.29 is 28.7 Å². The molecule has 0 atom stereocenters. The average molecular weight is 503 g/mol. The highest BCUT2D eigenvalue weighted by atomic mass is 32.2. The number of hydrogen-bond acceptors (Lipinski definition) is 7. The molecule has 1 saturated heterocycles. The summed E-state index contributed by atoms with van der Waals surface area (Å²) < 4.78 is 10.8. The molecule has 1 N–H and O–H groups in total. The zero-order valence-corrected chi connectivity index (χ0v) is 20.3. The molecular weight excluding hydrogens is 480 g/mol. The number of anilines is 1. The van der Waals surface area contributed by atoms with Gasteiger partial charge in [0.1, 0.15) is 6.54 Å². The van der Waals surface area contributed by atoms with Gasteiger partial charge >= 0.3 is 5.97 Å². The molecule has 0 saturated carbocycles. The Morgan fingerprint density at radius 3 is 2.47 bits per heavy atom. The van der Waals surface area contributed by atoms with Gasteiger partial charge in [0.05, 0.1) is 17.6 Å². The summed E-state index contributed by atoms with van der Waals surface area (Å²) in [5.41, 5.74) is 2.46. The smallest absolute Gasteiger partial charge is 0.343 e. The van der Waals surface area contributed by atoms with Gasteiger partial charge in [-0.1, -0.05) is 42.0 Å². The van der Waals surface area contributed by atoms with Gasteiger partial charge < -0.3 is 14.8 Å². The van der Waals surface area contributed by atoms with Crippen molar-refractivity contribution >= 4 is 46.5 Å². The number of esters is 1. The van der Waals surface area contributed by atoms with Crippen LogP contribution in [0.3, 0.4) is 0 Å². The third kappa shape index (κ3) is 5.81. The van der Waals surface area contributed by atoms with Crippen LogP contribution in [0.2, 0.25) is 0 Å². The van der Waals surface area contributed by atoms with E-state index in [0.717, 1.165) is 22.2 Å². The molecule has 3 aromatic carbocycles. The number of hydrogen-bond donors (Lipinski definition) is 1. The number of imide groups is 1. The first-order valence-corrected chi connectivity index (χ1v) is 11.7. The van der Waals surface area contributed by atoms with E-state index in [0.29, 0.717) is 16.8 Å². The topological polar surface area (TPSA) is 102 Å². The lowest BCUT2D eigenvalue weighted by Crippen LogP contribution is -2.36. The number of nitrogens with one attached hydrogen (secondary N) is 1. The molecule has 36 heavy (non-hydrogen) atoms. The molecule has 0 unspecified atom stereocenters. The van der Waals surface area contributed by atoms with Crippen LogP contribution in [0.4, 0.5) is 10.5 Å². The lowest BCUT2D eigenvalue weighted by atomic mass is 10.1. The SMILES string of the molecule is COc1cc(/C=C2\SC(=O)N(CC(=O)Nc3ccccc3)C2=O)ccc1OC(=O)c1cccc(C)c1. The number of ether oxygens (including phenoxy) is 2. The molecule has 9 heteroatoms. The van der Waals surface area contributed by atoms with Crippen LogP contribution >= 0.6 is 11.8 Å². The number of carbonyl (C=O) groups excluding carboxylic acids is 4. The van der Waals surface area contributed by atoms with Crippen molar-refractivity contribution in [1.82, 2.24) is 4.90 Å². The molecule has 0 aliphatic carbocycles. The number of methoxy groups -OCH3 is 1. The first-order chi connectivity index (χ1) is 17.3. The molecule has 1 aliphatic rings. The fourth-order valence-corrected chi connectivity index (χ4v) is 4.28. The number of benzene rings is 3. The number of aryl methyl sites for hydroxylation is 1. The zero-order chi connectivity index (χ0) is 25.7. The summed E-state index contributed by atoms with van der Waals surface area (Å²) in [6.45, 7) is 1.48. The third-order valence-corrected chi connectivity index (χ3v) is 6.08. The van der Waals surface area contributed by atoms with Crippen molar-refractivity contribution in [3.05, 3.63) is 94.4 Å². The van der Waals surface area contributed by atoms with E-state index in [1.54, 1.807) is 60.7 Å². The highest BCUT2D eigenvalue weighted by molar-refractivity contribution is 8.18. The molecule has 3 amide bonds. The highest BCUT2D eigenvalue weighted by Gasteiger charge is 2.36. The van der Waals surface area contributed by atoms with E-state index in [-0.39, 0.29) is 16.4 Å². The van der Waals surface area contributed by atoms with Crippen LogP contribution < -0.4 is 14.8 Å². The van der Waals surface area contributed by atoms with Gasteiger partial charge in [-0.05, 0) is 66.7 Å². The number of amides is 3. The van der Waals surface area contributed by atoms with Crippen LogP contribution in [-0.2, 0) is 9.59 Å². The summed E-state index contributed by atoms with van der Waals surface area (Å²) in [6.07, 6.45) is 1.52. The van der Waals surface area contributed by atoms with E-state index in [2.05, 4.69) is 5.32 Å². The zero-order valence-electron chi connectivity index (χ0n) is 19.5. The first kappa shape index (κ1) is 24.7. The Morgan fingerprint density at radius 2 is 1.75 bits per heavy atom. The molecule has 0 spiro atoms. The van der Waals surface area contributed by atoms with Crippen molar-refractivity contribution in [2.75, 3.05) is 19.0 Å². The number of para-hydroxylation sites is 1. The highest BCUT2D eigenvalue weighted by Crippen LogP contribution is 2.34. The van der Waals surface area contributed by atoms with Gasteiger partial charge in [-0.15, -0.1) is 0 Å². The van der Waals surface area contributed by atoms with Crippen molar-refractivity contribution in [3.8, 4) is 11.5 Å². The summed E-state index contributed by atoms with van der Waals surface area (Å²) in [4.78, 5) is 51.1. The monoisotopic (exact) mass is 502 g/mol. The van der Waals surface area contributed by atoms with Gasteiger partial charge in [-0.2, -0.15) is 0 Å². The average Bonchev–Trinajstić information content (AvgIpc) is 3.12. The van der Waals surface area contributed by atoms with E-state index in [1.165, 1.54) is 13.2 Å². The third-order valence-electron chi connectivity index (χ3n) is 5.17. The summed E-state index contributed by atoms with van der Waals surface area (Å²) in [6, 6.07) is 20.6. The molecule has 0 bridgehead atoms. The van der Waals surface area contributed by atoms with Crippen LogP contribution in [0, 0.1) is 6.92 Å². The minimum Gasteiger partial charge on any atom is -0.493 e. The normalized spacial score (nSPS) is 14.2. The van der Waals surface area contributed by atoms with E-state index in [4.69, 9.17) is 9.47 Å². The maximum absolute atomic E-state index is 12.8. The molecule has 3 aromatic rings. The lowest BCUT2D eigenvalue weighted by molar-refractivity contribution is -0.127. The minimum absolute atomic E-state index is 0.166. The van der Waals surface area contributed by atoms with Crippen LogP contribution in [0.5, 0.6) is 11.5 Å². The summed E-state index contributed by atoms with van der Waals surface area (Å²) in [5, 5.41) is 2.12. The van der Waals surface area contributed by atoms with E-state index in [9.17, 15) is 19.2 Å². The molecule has 4 rings (SSSR count). The molecule has 1 fully saturated rings. The Hall–Kier alpha value is -4.37. The second kappa shape index (κ2) is 10.9. The standard InChI is InChI=1S/C27H22N2O6S/c1-17-7-6-8-19(13-17)26(32)35-21-12-11-18(14-22(21)34-2)15-23-25(31)29(27(33)36-23)16-24(30)28-20-9-4-3-5-10-20/h3-15H,16H2,1-2H3,(H,28,30)/b23-15-. The Labute approximate surface area is 211 Å². The number of nitrogens with zero attached hydrogens (tertiary/aromatic N) is 1. The molecule has 0 radical (unpaired) electrons. The van der Waals surface area contributed by atoms with Crippen LogP contribution in [-0.4, -0.2) is 41.6 Å². The molecular formula is C27H22N2O6S. The first-order valence-electron chi connectivity index (χ1n) is 10.9. The molecule has 182 valence electrons. The Kier molecular flexibility index (Phi) is 7.50. The van der Waals surface area contributed by atoms with Crippen molar-refractivity contribution in [2.24, 2.45) is 0 Å². The number of rotatable bonds is 7. The van der Waals surface area contributed by atoms with E-state index >= 15 is 0 Å². The number of thioether (sulfide) groups is 1. The summed E-state index contributed by atoms with van der Waals surface area (Å²) >= 11 is 0.744. The van der Waals surface area contributed by atoms with Gasteiger partial charge in [0.15, 0.2) is 11.5 Å². The Morgan fingerprint density at radius 1 is 0.972 bits per heavy atom. The van der Waals surface area contributed by atoms with E-state index < -0.39 is 29.6 Å². The van der Waals surface area contributed by atoms with Crippen molar-refractivity contribution in [3.63, 3.8) is 0 Å². The second-order valence-electron chi connectivity index (χ2n) is 7.85. The van der Waals surface area contributed by atoms with Crippen molar-refractivity contribution in [1.29, 1.82) is 0 Å². The lowest BCUT2D eigenvalue weighted by Gasteiger charge is -2.12. The molecule has 8 nitrogen and oxygen atoms in total. The number of carbonyl (C=O) groups is 4. The van der Waals surface area contributed by atoms with Crippen molar-refractivity contribution in [2.45, 2.75) is 6.92 Å². The fraction of sp³-hybridized carbons (Fsp3) is 0.111. The van der Waals surface area contributed by atoms with Gasteiger partial charge in [-0.3, -0.25) is 19.3 Å². The van der Waals surface area contributed by atoms with Gasteiger partial charge in [0.2, 0.25) is 5.91 Å². The van der Waals surface area contributed by atoms with Gasteiger partial charge in [0, 0.05) is 5.69 Å². The van der Waals surface area contributed by atoms with Gasteiger partial charge in [-0.25, -0.2) is 4.79 Å². The predicted molar refractivity (Wildman–Crippen MR) is 137 cm³/mol. The quantitative estimate of drug-likeness (QED) is 0.279. The second-order valence-corrected chi connectivity index (χ2v) is 8.84. The molecule has 1 aliphatic heterocycles. The Bertz CT molecular complexity index is 1370. The van der Waals surface area contributed by atoms with Crippen LogP contribution in [0.25, 0.3) is 6.08 Å². The minimum atomic E-state index is -0.567. The molecule has 1 heterocycles. The predicted octanol–water partition coefficient (Wildman–Crippen LogP) is 4.90. The molecule has 0 aromatic heterocycles. The summed E-state index contributed by atoms with van der Waals surface area (Å²) in [7, 11) is 1.43. The fourth-order valence-electron chi connectivity index (χ4n) is 3.44. The maximum atomic E-state index is 12.8. The van der Waals surface area contributed by atoms with E-state index in [1.807, 2.05) is 19.1 Å². The maximum Gasteiger partial charge on any atom is 0.343 e. The largest absolute Gasteiger partial charge is 0.493 e. The van der Waals surface area contributed by atoms with Crippen LogP contribution in [0.15, 0.2) is 77.7 Å². The van der Waals surface area contributed by atoms with Crippen LogP contribution in [0.1, 0.15) is 21.5 Å². The summed E-state index contributed by atoms with van der Waals surface area (Å²) in [5.74, 6) is -1.08. The van der Waals surface area contributed by atoms with Gasteiger partial charge in [0.25, 0.3) is 11.1 Å².